The zero-order valence-corrected chi connectivity index (χ0v) is 7.41. The van der Waals surface area contributed by atoms with Crippen molar-refractivity contribution in [2.45, 2.75) is 0 Å². The first kappa shape index (κ1) is 7.85. The lowest BCUT2D eigenvalue weighted by Gasteiger charge is -2.00. The average molecular weight is 221 g/mol. The molecule has 0 atom stereocenters. The summed E-state index contributed by atoms with van der Waals surface area (Å²) in [6, 6.07) is 7.41. The van der Waals surface area contributed by atoms with Crippen LogP contribution in [0.3, 0.4) is 0 Å². The van der Waals surface area contributed by atoms with E-state index < -0.39 is 0 Å². The fourth-order valence-corrected chi connectivity index (χ4v) is 1.04. The van der Waals surface area contributed by atoms with E-state index in [1.54, 1.807) is 0 Å². The molecule has 1 rings (SSSR count). The third-order valence-electron chi connectivity index (χ3n) is 1.02. The van der Waals surface area contributed by atoms with Crippen LogP contribution >= 0.6 is 27.7 Å². The molecule has 0 unspecified atom stereocenters. The molecule has 0 amide bonds. The summed E-state index contributed by atoms with van der Waals surface area (Å²) in [6.45, 7) is 0. The maximum absolute atomic E-state index is 5.70. The first-order valence-electron chi connectivity index (χ1n) is 2.70. The minimum absolute atomic E-state index is 0.716. The third kappa shape index (κ3) is 2.17. The number of benzene rings is 1. The smallest absolute Gasteiger partial charge is 0.0511 e. The molecule has 54 valence electrons. The summed E-state index contributed by atoms with van der Waals surface area (Å²) in [5.41, 5.74) is 3.75. The largest absolute Gasteiger partial charge is 0.312 e. The number of hydrogen-bond acceptors (Lipinski definition) is 2. The molecule has 0 aliphatic carbocycles. The van der Waals surface area contributed by atoms with Crippen LogP contribution in [-0.4, -0.2) is 0 Å². The Morgan fingerprint density at radius 2 is 2.20 bits per heavy atom. The van der Waals surface area contributed by atoms with Crippen LogP contribution in [0.4, 0.5) is 5.69 Å². The highest BCUT2D eigenvalue weighted by atomic mass is 79.9. The Labute approximate surface area is 72.9 Å². The second-order valence-corrected chi connectivity index (χ2v) is 2.56. The van der Waals surface area contributed by atoms with E-state index in [4.69, 9.17) is 11.6 Å². The Balaban J connectivity index is 2.75. The van der Waals surface area contributed by atoms with Crippen molar-refractivity contribution in [3.63, 3.8) is 0 Å². The van der Waals surface area contributed by atoms with Gasteiger partial charge >= 0.3 is 0 Å². The van der Waals surface area contributed by atoms with Gasteiger partial charge in [-0.2, -0.15) is 4.45 Å². The number of hydrogen-bond donors (Lipinski definition) is 2. The molecule has 2 nitrogen and oxygen atoms in total. The molecule has 0 bridgehead atoms. The number of anilines is 1. The molecule has 1 aromatic carbocycles. The molecule has 0 aromatic heterocycles. The van der Waals surface area contributed by atoms with Crippen LogP contribution < -0.4 is 9.88 Å². The lowest BCUT2D eigenvalue weighted by atomic mass is 10.3. The van der Waals surface area contributed by atoms with Gasteiger partial charge in [0.2, 0.25) is 0 Å². The van der Waals surface area contributed by atoms with Gasteiger partial charge in [-0.15, -0.1) is 0 Å². The summed E-state index contributed by atoms with van der Waals surface area (Å²) < 4.78 is 2.62. The Morgan fingerprint density at radius 1 is 1.40 bits per heavy atom. The number of rotatable bonds is 2. The fraction of sp³-hybridized carbons (Fsp3) is 0. The van der Waals surface area contributed by atoms with Crippen molar-refractivity contribution in [2.75, 3.05) is 5.43 Å². The van der Waals surface area contributed by atoms with Crippen LogP contribution in [0.15, 0.2) is 24.3 Å². The Morgan fingerprint density at radius 3 is 2.80 bits per heavy atom. The van der Waals surface area contributed by atoms with Crippen LogP contribution in [0.1, 0.15) is 0 Å². The summed E-state index contributed by atoms with van der Waals surface area (Å²) in [5.74, 6) is 0. The van der Waals surface area contributed by atoms with E-state index in [0.29, 0.717) is 5.02 Å². The first-order chi connectivity index (χ1) is 4.83. The molecule has 0 saturated carbocycles. The van der Waals surface area contributed by atoms with E-state index in [0.717, 1.165) is 5.69 Å². The van der Waals surface area contributed by atoms with E-state index in [1.807, 2.05) is 24.3 Å². The van der Waals surface area contributed by atoms with Crippen LogP contribution in [-0.2, 0) is 0 Å². The van der Waals surface area contributed by atoms with E-state index in [1.165, 1.54) is 0 Å². The monoisotopic (exact) mass is 220 g/mol. The molecule has 0 spiro atoms. The second kappa shape index (κ2) is 3.81. The van der Waals surface area contributed by atoms with Crippen molar-refractivity contribution < 1.29 is 0 Å². The van der Waals surface area contributed by atoms with Crippen molar-refractivity contribution in [3.05, 3.63) is 29.3 Å². The Bertz CT molecular complexity index is 217. The summed E-state index contributed by atoms with van der Waals surface area (Å²) in [6.07, 6.45) is 0. The number of hydrazine groups is 1. The highest BCUT2D eigenvalue weighted by Crippen LogP contribution is 2.13. The van der Waals surface area contributed by atoms with Crippen LogP contribution in [0, 0.1) is 0 Å². The van der Waals surface area contributed by atoms with Gasteiger partial charge in [-0.05, 0) is 18.2 Å². The summed E-state index contributed by atoms with van der Waals surface area (Å²) in [5, 5.41) is 0.716. The van der Waals surface area contributed by atoms with Gasteiger partial charge in [0.25, 0.3) is 0 Å². The highest BCUT2D eigenvalue weighted by Gasteiger charge is 1.88. The Kier molecular flexibility index (Phi) is 2.99. The van der Waals surface area contributed by atoms with E-state index in [2.05, 4.69) is 26.0 Å². The maximum atomic E-state index is 5.70. The minimum atomic E-state index is 0.716. The van der Waals surface area contributed by atoms with Crippen molar-refractivity contribution in [2.24, 2.45) is 0 Å². The van der Waals surface area contributed by atoms with Gasteiger partial charge in [0.15, 0.2) is 0 Å². The standard InChI is InChI=1S/C6H6BrClN2/c7-10-9-6-3-1-2-5(8)4-6/h1-4,9-10H. The summed E-state index contributed by atoms with van der Waals surface area (Å²) in [4.78, 5) is 0. The SMILES string of the molecule is Clc1cccc(NNBr)c1. The first-order valence-corrected chi connectivity index (χ1v) is 3.87. The van der Waals surface area contributed by atoms with E-state index in [-0.39, 0.29) is 0 Å². The second-order valence-electron chi connectivity index (χ2n) is 1.73. The van der Waals surface area contributed by atoms with Gasteiger partial charge in [0, 0.05) is 21.2 Å². The predicted octanol–water partition coefficient (Wildman–Crippen LogP) is 2.57. The quantitative estimate of drug-likeness (QED) is 0.592. The molecular formula is C6H6BrClN2. The van der Waals surface area contributed by atoms with Crippen LogP contribution in [0.25, 0.3) is 0 Å². The van der Waals surface area contributed by atoms with Crippen LogP contribution in [0.5, 0.6) is 0 Å². The molecule has 4 heteroatoms. The molecule has 2 N–H and O–H groups in total. The van der Waals surface area contributed by atoms with Crippen molar-refractivity contribution in [1.82, 2.24) is 4.45 Å². The third-order valence-corrected chi connectivity index (χ3v) is 1.45. The number of halogens is 2. The lowest BCUT2D eigenvalue weighted by molar-refractivity contribution is 1.25. The van der Waals surface area contributed by atoms with Gasteiger partial charge < -0.3 is 5.43 Å². The van der Waals surface area contributed by atoms with Gasteiger partial charge in [-0.3, -0.25) is 0 Å². The van der Waals surface area contributed by atoms with Gasteiger partial charge in [0.05, 0.1) is 5.69 Å². The van der Waals surface area contributed by atoms with Gasteiger partial charge in [-0.1, -0.05) is 17.7 Å². The molecule has 0 saturated heterocycles. The number of nitrogens with one attached hydrogen (secondary N) is 2. The fourth-order valence-electron chi connectivity index (χ4n) is 0.621. The lowest BCUT2D eigenvalue weighted by Crippen LogP contribution is -2.07. The van der Waals surface area contributed by atoms with E-state index >= 15 is 0 Å². The van der Waals surface area contributed by atoms with Crippen molar-refractivity contribution in [1.29, 1.82) is 0 Å². The Hall–Kier alpha value is -0.250. The predicted molar refractivity (Wildman–Crippen MR) is 47.1 cm³/mol. The molecule has 0 radical (unpaired) electrons. The van der Waals surface area contributed by atoms with Crippen molar-refractivity contribution >= 4 is 33.4 Å². The molecule has 0 aliphatic rings. The summed E-state index contributed by atoms with van der Waals surface area (Å²) >= 11 is 8.70. The molecule has 0 fully saturated rings. The maximum Gasteiger partial charge on any atom is 0.0511 e. The normalized spacial score (nSPS) is 9.40. The highest BCUT2D eigenvalue weighted by molar-refractivity contribution is 9.08. The molecule has 10 heavy (non-hydrogen) atoms. The van der Waals surface area contributed by atoms with Crippen molar-refractivity contribution in [3.8, 4) is 0 Å². The molecule has 1 aromatic rings. The minimum Gasteiger partial charge on any atom is -0.312 e. The zero-order chi connectivity index (χ0) is 7.40. The topological polar surface area (TPSA) is 24.1 Å². The average Bonchev–Trinajstić information content (AvgIpc) is 1.88. The van der Waals surface area contributed by atoms with Gasteiger partial charge in [-0.25, -0.2) is 0 Å². The molecule has 0 aliphatic heterocycles. The van der Waals surface area contributed by atoms with Crippen LogP contribution in [0.2, 0.25) is 5.02 Å². The molecule has 0 heterocycles. The van der Waals surface area contributed by atoms with E-state index in [9.17, 15) is 0 Å². The summed E-state index contributed by atoms with van der Waals surface area (Å²) in [7, 11) is 0. The van der Waals surface area contributed by atoms with Gasteiger partial charge in [0.1, 0.15) is 0 Å². The molecular weight excluding hydrogens is 215 g/mol. The zero-order valence-electron chi connectivity index (χ0n) is 5.07.